The van der Waals surface area contributed by atoms with E-state index in [4.69, 9.17) is 0 Å². The Morgan fingerprint density at radius 1 is 1.33 bits per heavy atom. The molecule has 0 aliphatic rings. The van der Waals surface area contributed by atoms with Gasteiger partial charge in [0.05, 0.1) is 6.42 Å². The summed E-state index contributed by atoms with van der Waals surface area (Å²) in [6, 6.07) is 6.80. The standard InChI is InChI=1S/C15H17F3N2O/c1-10(8-15(16,17)18)20-14(21)7-6-11-9-19-13-5-3-2-4-12(11)13/h2-5,9-10,19H,6-8H2,1H3,(H,20,21). The van der Waals surface area contributed by atoms with E-state index in [1.54, 1.807) is 0 Å². The number of rotatable bonds is 5. The number of fused-ring (bicyclic) bond motifs is 1. The molecule has 2 aromatic rings. The first kappa shape index (κ1) is 15.4. The van der Waals surface area contributed by atoms with Gasteiger partial charge >= 0.3 is 6.18 Å². The minimum Gasteiger partial charge on any atom is -0.361 e. The van der Waals surface area contributed by atoms with Gasteiger partial charge in [0, 0.05) is 29.6 Å². The zero-order valence-corrected chi connectivity index (χ0v) is 11.6. The minimum absolute atomic E-state index is 0.171. The summed E-state index contributed by atoms with van der Waals surface area (Å²) in [7, 11) is 0. The summed E-state index contributed by atoms with van der Waals surface area (Å²) in [5, 5.41) is 3.41. The molecule has 0 radical (unpaired) electrons. The Balaban J connectivity index is 1.87. The lowest BCUT2D eigenvalue weighted by Crippen LogP contribution is -2.36. The molecule has 3 nitrogen and oxygen atoms in total. The average molecular weight is 298 g/mol. The second-order valence-corrected chi connectivity index (χ2v) is 5.15. The third-order valence-corrected chi connectivity index (χ3v) is 3.24. The van der Waals surface area contributed by atoms with E-state index in [0.717, 1.165) is 16.5 Å². The molecule has 1 amide bonds. The summed E-state index contributed by atoms with van der Waals surface area (Å²) in [6.07, 6.45) is -2.77. The van der Waals surface area contributed by atoms with Crippen LogP contribution in [0, 0.1) is 0 Å². The Morgan fingerprint density at radius 2 is 2.05 bits per heavy atom. The molecule has 114 valence electrons. The van der Waals surface area contributed by atoms with Crippen molar-refractivity contribution in [1.82, 2.24) is 10.3 Å². The van der Waals surface area contributed by atoms with Crippen molar-refractivity contribution >= 4 is 16.8 Å². The van der Waals surface area contributed by atoms with Crippen LogP contribution in [0.3, 0.4) is 0 Å². The highest BCUT2D eigenvalue weighted by atomic mass is 19.4. The van der Waals surface area contributed by atoms with Gasteiger partial charge in [-0.1, -0.05) is 18.2 Å². The molecule has 6 heteroatoms. The number of nitrogens with one attached hydrogen (secondary N) is 2. The van der Waals surface area contributed by atoms with E-state index in [2.05, 4.69) is 10.3 Å². The molecule has 0 aliphatic carbocycles. The van der Waals surface area contributed by atoms with Crippen molar-refractivity contribution < 1.29 is 18.0 Å². The molecule has 0 fully saturated rings. The van der Waals surface area contributed by atoms with Crippen molar-refractivity contribution in [2.24, 2.45) is 0 Å². The highest BCUT2D eigenvalue weighted by Gasteiger charge is 2.30. The van der Waals surface area contributed by atoms with E-state index < -0.39 is 18.6 Å². The molecule has 21 heavy (non-hydrogen) atoms. The molecule has 1 aromatic heterocycles. The molecule has 0 aliphatic heterocycles. The number of amides is 1. The first-order valence-electron chi connectivity index (χ1n) is 6.76. The maximum absolute atomic E-state index is 12.2. The van der Waals surface area contributed by atoms with Gasteiger partial charge in [-0.3, -0.25) is 4.79 Å². The fraction of sp³-hybridized carbons (Fsp3) is 0.400. The van der Waals surface area contributed by atoms with Gasteiger partial charge in [-0.25, -0.2) is 0 Å². The van der Waals surface area contributed by atoms with Gasteiger partial charge in [0.1, 0.15) is 0 Å². The van der Waals surface area contributed by atoms with E-state index in [1.165, 1.54) is 6.92 Å². The van der Waals surface area contributed by atoms with Crippen LogP contribution in [0.5, 0.6) is 0 Å². The molecule has 1 atom stereocenters. The van der Waals surface area contributed by atoms with Crippen LogP contribution in [-0.4, -0.2) is 23.1 Å². The molecular weight excluding hydrogens is 281 g/mol. The van der Waals surface area contributed by atoms with Gasteiger partial charge < -0.3 is 10.3 Å². The highest BCUT2D eigenvalue weighted by molar-refractivity contribution is 5.84. The van der Waals surface area contributed by atoms with Crippen molar-refractivity contribution in [3.05, 3.63) is 36.0 Å². The quantitative estimate of drug-likeness (QED) is 0.871. The van der Waals surface area contributed by atoms with Crippen LogP contribution in [-0.2, 0) is 11.2 Å². The van der Waals surface area contributed by atoms with E-state index in [9.17, 15) is 18.0 Å². The first-order valence-corrected chi connectivity index (χ1v) is 6.76. The van der Waals surface area contributed by atoms with Crippen molar-refractivity contribution in [2.45, 2.75) is 38.4 Å². The number of para-hydroxylation sites is 1. The van der Waals surface area contributed by atoms with Crippen LogP contribution >= 0.6 is 0 Å². The van der Waals surface area contributed by atoms with Gasteiger partial charge in [-0.15, -0.1) is 0 Å². The van der Waals surface area contributed by atoms with Crippen LogP contribution in [0.1, 0.15) is 25.3 Å². The van der Waals surface area contributed by atoms with Crippen molar-refractivity contribution in [3.8, 4) is 0 Å². The second kappa shape index (κ2) is 6.20. The van der Waals surface area contributed by atoms with E-state index in [1.807, 2.05) is 30.5 Å². The molecule has 2 N–H and O–H groups in total. The molecule has 0 spiro atoms. The normalized spacial score (nSPS) is 13.3. The zero-order valence-electron chi connectivity index (χ0n) is 11.6. The van der Waals surface area contributed by atoms with Crippen LogP contribution in [0.4, 0.5) is 13.2 Å². The van der Waals surface area contributed by atoms with Gasteiger partial charge in [0.2, 0.25) is 5.91 Å². The molecule has 2 rings (SSSR count). The Bertz CT molecular complexity index is 619. The van der Waals surface area contributed by atoms with Gasteiger partial charge in [-0.05, 0) is 25.0 Å². The lowest BCUT2D eigenvalue weighted by atomic mass is 10.1. The molecule has 1 unspecified atom stereocenters. The average Bonchev–Trinajstić information content (AvgIpc) is 2.77. The number of aryl methyl sites for hydroxylation is 1. The largest absolute Gasteiger partial charge is 0.391 e. The zero-order chi connectivity index (χ0) is 15.5. The fourth-order valence-corrected chi connectivity index (χ4v) is 2.33. The monoisotopic (exact) mass is 298 g/mol. The summed E-state index contributed by atoms with van der Waals surface area (Å²) in [4.78, 5) is 14.8. The summed E-state index contributed by atoms with van der Waals surface area (Å²) in [6.45, 7) is 1.36. The van der Waals surface area contributed by atoms with Crippen LogP contribution in [0.2, 0.25) is 0 Å². The summed E-state index contributed by atoms with van der Waals surface area (Å²) >= 11 is 0. The number of H-pyrrole nitrogens is 1. The van der Waals surface area contributed by atoms with Crippen molar-refractivity contribution in [1.29, 1.82) is 0 Å². The van der Waals surface area contributed by atoms with Gasteiger partial charge in [0.25, 0.3) is 0 Å². The number of benzene rings is 1. The number of aromatic amines is 1. The maximum Gasteiger partial charge on any atom is 0.391 e. The summed E-state index contributed by atoms with van der Waals surface area (Å²) in [5.74, 6) is -0.364. The van der Waals surface area contributed by atoms with E-state index >= 15 is 0 Å². The highest BCUT2D eigenvalue weighted by Crippen LogP contribution is 2.22. The first-order chi connectivity index (χ1) is 9.85. The van der Waals surface area contributed by atoms with Crippen molar-refractivity contribution in [3.63, 3.8) is 0 Å². The Hall–Kier alpha value is -1.98. The Kier molecular flexibility index (Phi) is 4.55. The number of alkyl halides is 3. The predicted octanol–water partition coefficient (Wildman–Crippen LogP) is 3.56. The fourth-order valence-electron chi connectivity index (χ4n) is 2.33. The molecular formula is C15H17F3N2O. The van der Waals surface area contributed by atoms with Crippen LogP contribution < -0.4 is 5.32 Å². The van der Waals surface area contributed by atoms with Crippen molar-refractivity contribution in [2.75, 3.05) is 0 Å². The number of halogens is 3. The Labute approximate surface area is 120 Å². The molecule has 1 heterocycles. The maximum atomic E-state index is 12.2. The van der Waals surface area contributed by atoms with E-state index in [-0.39, 0.29) is 12.3 Å². The number of carbonyl (C=O) groups excluding carboxylic acids is 1. The Morgan fingerprint density at radius 3 is 2.76 bits per heavy atom. The molecule has 0 saturated carbocycles. The lowest BCUT2D eigenvalue weighted by Gasteiger charge is -2.15. The van der Waals surface area contributed by atoms with Gasteiger partial charge in [0.15, 0.2) is 0 Å². The predicted molar refractivity (Wildman–Crippen MR) is 74.9 cm³/mol. The number of carbonyl (C=O) groups is 1. The smallest absolute Gasteiger partial charge is 0.361 e. The minimum atomic E-state index is -4.26. The second-order valence-electron chi connectivity index (χ2n) is 5.15. The third-order valence-electron chi connectivity index (χ3n) is 3.24. The van der Waals surface area contributed by atoms with Crippen LogP contribution in [0.25, 0.3) is 10.9 Å². The molecule has 0 saturated heterocycles. The third kappa shape index (κ3) is 4.51. The molecule has 0 bridgehead atoms. The topological polar surface area (TPSA) is 44.9 Å². The van der Waals surface area contributed by atoms with E-state index in [0.29, 0.717) is 6.42 Å². The lowest BCUT2D eigenvalue weighted by molar-refractivity contribution is -0.141. The van der Waals surface area contributed by atoms with Gasteiger partial charge in [-0.2, -0.15) is 13.2 Å². The molecule has 1 aromatic carbocycles. The number of aromatic nitrogens is 1. The SMILES string of the molecule is CC(CC(F)(F)F)NC(=O)CCc1c[nH]c2ccccc12. The number of hydrogen-bond donors (Lipinski definition) is 2. The van der Waals surface area contributed by atoms with Crippen LogP contribution in [0.15, 0.2) is 30.5 Å². The number of hydrogen-bond acceptors (Lipinski definition) is 1. The summed E-state index contributed by atoms with van der Waals surface area (Å²) in [5.41, 5.74) is 1.97. The summed E-state index contributed by atoms with van der Waals surface area (Å²) < 4.78 is 36.6.